The van der Waals surface area contributed by atoms with E-state index >= 15 is 0 Å². The molecule has 0 bridgehead atoms. The Bertz CT molecular complexity index is 983. The molecule has 258 valence electrons. The van der Waals surface area contributed by atoms with Crippen molar-refractivity contribution in [2.24, 2.45) is 0 Å². The highest BCUT2D eigenvalue weighted by Gasteiger charge is 2.19. The van der Waals surface area contributed by atoms with E-state index in [2.05, 4.69) is 17.2 Å². The van der Waals surface area contributed by atoms with E-state index in [-0.39, 0.29) is 30.2 Å². The number of carbonyl (C=O) groups is 1. The molecule has 0 amide bonds. The number of aromatic nitrogens is 2. The van der Waals surface area contributed by atoms with E-state index < -0.39 is 6.10 Å². The summed E-state index contributed by atoms with van der Waals surface area (Å²) >= 11 is 1.32. The second-order valence-electron chi connectivity index (χ2n) is 12.1. The summed E-state index contributed by atoms with van der Waals surface area (Å²) in [6, 6.07) is 3.58. The number of hydrogen-bond acceptors (Lipinski definition) is 10. The lowest BCUT2D eigenvalue weighted by molar-refractivity contribution is -0.109. The minimum Gasteiger partial charge on any atom is -0.471 e. The van der Waals surface area contributed by atoms with Gasteiger partial charge in [0.15, 0.2) is 11.2 Å². The molecule has 2 heterocycles. The lowest BCUT2D eigenvalue weighted by Crippen LogP contribution is -2.31. The van der Waals surface area contributed by atoms with Crippen molar-refractivity contribution in [1.29, 1.82) is 0 Å². The van der Waals surface area contributed by atoms with Crippen molar-refractivity contribution < 1.29 is 33.2 Å². The lowest BCUT2D eigenvalue weighted by Gasteiger charge is -2.20. The fraction of sp³-hybridized carbons (Fsp3) is 0.800. The van der Waals surface area contributed by atoms with Gasteiger partial charge in [-0.25, -0.2) is 0 Å². The van der Waals surface area contributed by atoms with Gasteiger partial charge in [-0.3, -0.25) is 4.79 Å². The summed E-state index contributed by atoms with van der Waals surface area (Å²) in [7, 11) is 0. The SMILES string of the molecule is CCCCCCCCCCCCCCCc1cc(OCC(COCC(CCCCCCO)SC(C)=O)Oc2cc(C)on2)no1. The topological polar surface area (TPSA) is 117 Å². The van der Waals surface area contributed by atoms with Crippen molar-refractivity contribution >= 4 is 16.9 Å². The standard InChI is InChI=1S/C35H60N2O7S/c1-4-5-6-7-8-9-10-11-12-13-14-15-18-21-31-25-34(36-44-31)41-27-32(42-35-24-29(2)43-37-35)26-40-28-33(45-30(3)39)22-19-16-17-20-23-38/h24-25,32-33,38H,4-23,26-28H2,1-3H3. The lowest BCUT2D eigenvalue weighted by atomic mass is 10.0. The van der Waals surface area contributed by atoms with Crippen LogP contribution in [0.2, 0.25) is 0 Å². The molecule has 0 aliphatic carbocycles. The summed E-state index contributed by atoms with van der Waals surface area (Å²) in [5.41, 5.74) is 0. The second kappa shape index (κ2) is 26.1. The molecule has 0 saturated carbocycles. The third-order valence-corrected chi connectivity index (χ3v) is 8.79. The fourth-order valence-electron chi connectivity index (χ4n) is 5.24. The van der Waals surface area contributed by atoms with Gasteiger partial charge in [0.2, 0.25) is 0 Å². The first-order chi connectivity index (χ1) is 22.0. The summed E-state index contributed by atoms with van der Waals surface area (Å²) < 4.78 is 28.6. The summed E-state index contributed by atoms with van der Waals surface area (Å²) in [5.74, 6) is 2.28. The van der Waals surface area contributed by atoms with E-state index in [0.29, 0.717) is 24.1 Å². The molecule has 45 heavy (non-hydrogen) atoms. The molecule has 2 aromatic rings. The summed E-state index contributed by atoms with van der Waals surface area (Å²) in [6.45, 7) is 6.76. The maximum atomic E-state index is 11.8. The van der Waals surface area contributed by atoms with Crippen LogP contribution in [0.3, 0.4) is 0 Å². The number of hydrogen-bond donors (Lipinski definition) is 1. The van der Waals surface area contributed by atoms with Crippen molar-refractivity contribution in [2.45, 2.75) is 154 Å². The molecule has 2 aromatic heterocycles. The van der Waals surface area contributed by atoms with Gasteiger partial charge in [-0.05, 0) is 36.5 Å². The number of rotatable bonds is 30. The smallest absolute Gasteiger partial charge is 0.254 e. The molecule has 0 radical (unpaired) electrons. The number of carbonyl (C=O) groups excluding carboxylic acids is 1. The number of nitrogens with zero attached hydrogens (tertiary/aromatic N) is 2. The minimum atomic E-state index is -0.455. The number of aryl methyl sites for hydroxylation is 2. The van der Waals surface area contributed by atoms with Gasteiger partial charge in [-0.1, -0.05) is 115 Å². The summed E-state index contributed by atoms with van der Waals surface area (Å²) in [5, 5.41) is 17.2. The van der Waals surface area contributed by atoms with Gasteiger partial charge in [0.05, 0.1) is 13.2 Å². The van der Waals surface area contributed by atoms with E-state index in [0.717, 1.165) is 50.7 Å². The maximum absolute atomic E-state index is 11.8. The Labute approximate surface area is 275 Å². The van der Waals surface area contributed by atoms with Crippen molar-refractivity contribution in [3.63, 3.8) is 0 Å². The van der Waals surface area contributed by atoms with Crippen LogP contribution in [0.5, 0.6) is 11.8 Å². The van der Waals surface area contributed by atoms with Crippen LogP contribution in [0.1, 0.15) is 141 Å². The molecule has 2 rings (SSSR count). The van der Waals surface area contributed by atoms with Gasteiger partial charge in [0.1, 0.15) is 18.1 Å². The number of unbranched alkanes of at least 4 members (excludes halogenated alkanes) is 15. The van der Waals surface area contributed by atoms with Crippen LogP contribution in [-0.4, -0.2) is 58.3 Å². The molecule has 0 saturated heterocycles. The predicted molar refractivity (Wildman–Crippen MR) is 180 cm³/mol. The van der Waals surface area contributed by atoms with Crippen molar-refractivity contribution in [2.75, 3.05) is 26.4 Å². The van der Waals surface area contributed by atoms with Crippen LogP contribution in [0, 0.1) is 6.92 Å². The second-order valence-corrected chi connectivity index (χ2v) is 13.6. The highest BCUT2D eigenvalue weighted by atomic mass is 32.2. The van der Waals surface area contributed by atoms with Crippen LogP contribution in [0.25, 0.3) is 0 Å². The van der Waals surface area contributed by atoms with E-state index in [9.17, 15) is 4.79 Å². The zero-order chi connectivity index (χ0) is 32.4. The van der Waals surface area contributed by atoms with Crippen LogP contribution >= 0.6 is 11.8 Å². The zero-order valence-corrected chi connectivity index (χ0v) is 29.1. The molecule has 0 aliphatic rings. The molecule has 9 nitrogen and oxygen atoms in total. The summed E-state index contributed by atoms with van der Waals surface area (Å²) in [6.07, 6.45) is 22.4. The first-order valence-corrected chi connectivity index (χ1v) is 18.4. The Hall–Kier alpha value is -2.04. The Morgan fingerprint density at radius 1 is 0.800 bits per heavy atom. The van der Waals surface area contributed by atoms with Gasteiger partial charge in [-0.2, -0.15) is 0 Å². The third-order valence-electron chi connectivity index (χ3n) is 7.75. The van der Waals surface area contributed by atoms with Gasteiger partial charge < -0.3 is 28.4 Å². The average molecular weight is 653 g/mol. The maximum Gasteiger partial charge on any atom is 0.254 e. The Morgan fingerprint density at radius 2 is 1.42 bits per heavy atom. The van der Waals surface area contributed by atoms with E-state index in [4.69, 9.17) is 28.4 Å². The fourth-order valence-corrected chi connectivity index (χ4v) is 6.16. The van der Waals surface area contributed by atoms with E-state index in [1.807, 2.05) is 6.07 Å². The first kappa shape index (κ1) is 39.1. The monoisotopic (exact) mass is 652 g/mol. The molecule has 10 heteroatoms. The van der Waals surface area contributed by atoms with Gasteiger partial charge in [0.25, 0.3) is 11.8 Å². The van der Waals surface area contributed by atoms with Gasteiger partial charge in [-0.15, -0.1) is 0 Å². The molecule has 0 fully saturated rings. The van der Waals surface area contributed by atoms with Crippen LogP contribution in [0.15, 0.2) is 21.2 Å². The normalized spacial score (nSPS) is 12.8. The van der Waals surface area contributed by atoms with Crippen molar-refractivity contribution in [3.05, 3.63) is 23.7 Å². The Kier molecular flexibility index (Phi) is 22.7. The molecular formula is C35H60N2O7S. The molecule has 0 aliphatic heterocycles. The van der Waals surface area contributed by atoms with Crippen molar-refractivity contribution in [1.82, 2.24) is 10.3 Å². The van der Waals surface area contributed by atoms with Crippen LogP contribution in [0.4, 0.5) is 0 Å². The highest BCUT2D eigenvalue weighted by Crippen LogP contribution is 2.21. The van der Waals surface area contributed by atoms with E-state index in [1.54, 1.807) is 19.9 Å². The zero-order valence-electron chi connectivity index (χ0n) is 28.3. The molecule has 2 unspecified atom stereocenters. The number of aliphatic hydroxyl groups is 1. The largest absolute Gasteiger partial charge is 0.471 e. The summed E-state index contributed by atoms with van der Waals surface area (Å²) in [4.78, 5) is 11.8. The van der Waals surface area contributed by atoms with Gasteiger partial charge in [0, 0.05) is 37.3 Å². The molecule has 0 spiro atoms. The third kappa shape index (κ3) is 20.7. The van der Waals surface area contributed by atoms with E-state index in [1.165, 1.54) is 88.8 Å². The number of thioether (sulfide) groups is 1. The molecule has 0 aromatic carbocycles. The molecular weight excluding hydrogens is 592 g/mol. The number of aliphatic hydroxyl groups excluding tert-OH is 1. The molecule has 2 atom stereocenters. The Morgan fingerprint density at radius 3 is 2.04 bits per heavy atom. The van der Waals surface area contributed by atoms with Crippen LogP contribution in [-0.2, 0) is 16.0 Å². The highest BCUT2D eigenvalue weighted by molar-refractivity contribution is 8.14. The molecule has 1 N–H and O–H groups in total. The van der Waals surface area contributed by atoms with Crippen LogP contribution < -0.4 is 9.47 Å². The predicted octanol–water partition coefficient (Wildman–Crippen LogP) is 9.04. The number of ether oxygens (including phenoxy) is 3. The quantitative estimate of drug-likeness (QED) is 0.0819. The van der Waals surface area contributed by atoms with Gasteiger partial charge >= 0.3 is 0 Å². The Balaban J connectivity index is 1.68. The minimum absolute atomic E-state index is 0.0655. The van der Waals surface area contributed by atoms with Crippen molar-refractivity contribution in [3.8, 4) is 11.8 Å². The average Bonchev–Trinajstić information content (AvgIpc) is 3.65. The first-order valence-electron chi connectivity index (χ1n) is 17.5.